The van der Waals surface area contributed by atoms with E-state index in [1.54, 1.807) is 12.3 Å². The first kappa shape index (κ1) is 16.7. The van der Waals surface area contributed by atoms with Gasteiger partial charge in [0.25, 0.3) is 0 Å². The molecule has 3 aromatic rings. The second kappa shape index (κ2) is 6.21. The zero-order valence-corrected chi connectivity index (χ0v) is 14.9. The number of rotatable bonds is 4. The number of fused-ring (bicyclic) bond motifs is 1. The predicted octanol–water partition coefficient (Wildman–Crippen LogP) is 3.56. The molecule has 1 fully saturated rings. The van der Waals surface area contributed by atoms with Crippen molar-refractivity contribution in [3.8, 4) is 11.3 Å². The van der Waals surface area contributed by atoms with Crippen molar-refractivity contribution < 1.29 is 14.0 Å². The second-order valence-corrected chi connectivity index (χ2v) is 7.36. The van der Waals surface area contributed by atoms with Gasteiger partial charge in [-0.1, -0.05) is 11.3 Å². The Hall–Kier alpha value is -2.74. The monoisotopic (exact) mass is 370 g/mol. The van der Waals surface area contributed by atoms with Gasteiger partial charge in [0.05, 0.1) is 16.3 Å². The molecule has 0 spiro atoms. The molecule has 2 atom stereocenters. The number of aryl methyl sites for hydroxylation is 1. The van der Waals surface area contributed by atoms with E-state index in [0.29, 0.717) is 22.2 Å². The van der Waals surface area contributed by atoms with Gasteiger partial charge in [0.1, 0.15) is 11.9 Å². The molecule has 3 aromatic heterocycles. The van der Waals surface area contributed by atoms with Crippen molar-refractivity contribution in [3.05, 3.63) is 35.7 Å². The zero-order chi connectivity index (χ0) is 18.4. The second-order valence-electron chi connectivity index (χ2n) is 6.33. The fourth-order valence-corrected chi connectivity index (χ4v) is 3.48. The summed E-state index contributed by atoms with van der Waals surface area (Å²) < 4.78 is 13.8. The summed E-state index contributed by atoms with van der Waals surface area (Å²) in [6.07, 6.45) is 0.869. The summed E-state index contributed by atoms with van der Waals surface area (Å²) in [6, 6.07) is 5.46. The summed E-state index contributed by atoms with van der Waals surface area (Å²) >= 11 is 1.30. The molecule has 4 rings (SSSR count). The maximum Gasteiger partial charge on any atom is 0.232 e. The highest BCUT2D eigenvalue weighted by atomic mass is 32.1. The zero-order valence-electron chi connectivity index (χ0n) is 14.1. The van der Waals surface area contributed by atoms with E-state index in [4.69, 9.17) is 0 Å². The number of amides is 1. The SMILES string of the molecule is CC(=O)c1cc(C)c(-c2ccc3sc(NC(=O)C4C[C@@H]4F)nc3n2)cn1. The van der Waals surface area contributed by atoms with Gasteiger partial charge in [0.2, 0.25) is 5.91 Å². The highest BCUT2D eigenvalue weighted by molar-refractivity contribution is 7.22. The van der Waals surface area contributed by atoms with Gasteiger partial charge in [-0.2, -0.15) is 4.98 Å². The van der Waals surface area contributed by atoms with Crippen molar-refractivity contribution in [1.29, 1.82) is 0 Å². The molecular formula is C18H15FN4O2S. The molecule has 0 aliphatic heterocycles. The summed E-state index contributed by atoms with van der Waals surface area (Å²) in [4.78, 5) is 36.3. The Morgan fingerprint density at radius 1 is 1.31 bits per heavy atom. The van der Waals surface area contributed by atoms with Crippen molar-refractivity contribution in [2.75, 3.05) is 5.32 Å². The van der Waals surface area contributed by atoms with Crippen LogP contribution < -0.4 is 5.32 Å². The third-order valence-electron chi connectivity index (χ3n) is 4.28. The highest BCUT2D eigenvalue weighted by Gasteiger charge is 2.43. The molecule has 1 amide bonds. The van der Waals surface area contributed by atoms with Crippen molar-refractivity contribution in [3.63, 3.8) is 0 Å². The Kier molecular flexibility index (Phi) is 3.99. The minimum atomic E-state index is -1.04. The van der Waals surface area contributed by atoms with E-state index in [-0.39, 0.29) is 18.1 Å². The van der Waals surface area contributed by atoms with Crippen LogP contribution in [-0.2, 0) is 4.79 Å². The fraction of sp³-hybridized carbons (Fsp3) is 0.278. The van der Waals surface area contributed by atoms with Gasteiger partial charge in [-0.25, -0.2) is 9.37 Å². The third kappa shape index (κ3) is 3.08. The number of hydrogen-bond donors (Lipinski definition) is 1. The van der Waals surface area contributed by atoms with Crippen LogP contribution in [0.4, 0.5) is 9.52 Å². The lowest BCUT2D eigenvalue weighted by Crippen LogP contribution is -2.14. The molecule has 1 N–H and O–H groups in total. The number of halogens is 1. The Labute approximate surface area is 152 Å². The molecule has 1 aliphatic rings. The molecule has 1 unspecified atom stereocenters. The van der Waals surface area contributed by atoms with Crippen LogP contribution in [0.2, 0.25) is 0 Å². The van der Waals surface area contributed by atoms with Gasteiger partial charge < -0.3 is 5.32 Å². The molecule has 26 heavy (non-hydrogen) atoms. The number of carbonyl (C=O) groups excluding carboxylic acids is 2. The summed E-state index contributed by atoms with van der Waals surface area (Å²) in [5.41, 5.74) is 3.31. The van der Waals surface area contributed by atoms with Crippen molar-refractivity contribution >= 4 is 38.5 Å². The number of Topliss-reactive ketones (excluding diaryl/α,β-unsaturated/α-hetero) is 1. The minimum Gasteiger partial charge on any atom is -0.302 e. The molecule has 0 aromatic carbocycles. The first-order valence-electron chi connectivity index (χ1n) is 8.13. The molecule has 8 heteroatoms. The standard InChI is InChI=1S/C18H15FN4O2S/c1-8-5-14(9(2)24)20-7-11(8)13-3-4-15-16(21-13)22-18(26-15)23-17(25)10-6-12(10)19/h3-5,7,10,12H,6H2,1-2H3,(H,21,22,23,25)/t10?,12-/m0/s1. The van der Waals surface area contributed by atoms with Crippen molar-refractivity contribution in [2.24, 2.45) is 5.92 Å². The number of nitrogens with zero attached hydrogens (tertiary/aromatic N) is 3. The third-order valence-corrected chi connectivity index (χ3v) is 5.21. The maximum atomic E-state index is 13.0. The van der Waals surface area contributed by atoms with Gasteiger partial charge >= 0.3 is 0 Å². The lowest BCUT2D eigenvalue weighted by molar-refractivity contribution is -0.117. The van der Waals surface area contributed by atoms with Gasteiger partial charge in [-0.05, 0) is 37.1 Å². The molecular weight excluding hydrogens is 355 g/mol. The number of aromatic nitrogens is 3. The number of hydrogen-bond acceptors (Lipinski definition) is 6. The fourth-order valence-electron chi connectivity index (χ4n) is 2.67. The summed E-state index contributed by atoms with van der Waals surface area (Å²) in [5, 5.41) is 3.07. The lowest BCUT2D eigenvalue weighted by Gasteiger charge is -2.05. The molecule has 1 aliphatic carbocycles. The smallest absolute Gasteiger partial charge is 0.232 e. The first-order valence-corrected chi connectivity index (χ1v) is 8.94. The van der Waals surface area contributed by atoms with Crippen LogP contribution in [-0.4, -0.2) is 32.8 Å². The van der Waals surface area contributed by atoms with Gasteiger partial charge in [-0.15, -0.1) is 0 Å². The van der Waals surface area contributed by atoms with E-state index in [1.807, 2.05) is 19.1 Å². The highest BCUT2D eigenvalue weighted by Crippen LogP contribution is 2.35. The largest absolute Gasteiger partial charge is 0.302 e. The molecule has 6 nitrogen and oxygen atoms in total. The predicted molar refractivity (Wildman–Crippen MR) is 97.0 cm³/mol. The maximum absolute atomic E-state index is 13.0. The van der Waals surface area contributed by atoms with Crippen LogP contribution in [0.15, 0.2) is 24.4 Å². The Bertz CT molecular complexity index is 1050. The molecule has 1 saturated carbocycles. The van der Waals surface area contributed by atoms with Crippen LogP contribution >= 0.6 is 11.3 Å². The van der Waals surface area contributed by atoms with Crippen LogP contribution in [0.3, 0.4) is 0 Å². The van der Waals surface area contributed by atoms with Crippen LogP contribution in [0.5, 0.6) is 0 Å². The molecule has 0 radical (unpaired) electrons. The minimum absolute atomic E-state index is 0.0888. The van der Waals surface area contributed by atoms with E-state index >= 15 is 0 Å². The van der Waals surface area contributed by atoms with Crippen LogP contribution in [0, 0.1) is 12.8 Å². The Morgan fingerprint density at radius 3 is 2.73 bits per heavy atom. The molecule has 0 saturated heterocycles. The quantitative estimate of drug-likeness (QED) is 0.710. The summed E-state index contributed by atoms with van der Waals surface area (Å²) in [5.74, 6) is -0.982. The van der Waals surface area contributed by atoms with E-state index in [2.05, 4.69) is 20.3 Å². The normalized spacial score (nSPS) is 18.7. The topological polar surface area (TPSA) is 84.8 Å². The Balaban J connectivity index is 1.63. The average Bonchev–Trinajstić information content (AvgIpc) is 3.20. The van der Waals surface area contributed by atoms with Crippen LogP contribution in [0.25, 0.3) is 21.6 Å². The molecule has 0 bridgehead atoms. The van der Waals surface area contributed by atoms with E-state index in [0.717, 1.165) is 15.8 Å². The average molecular weight is 370 g/mol. The van der Waals surface area contributed by atoms with E-state index in [9.17, 15) is 14.0 Å². The number of pyridine rings is 2. The Morgan fingerprint density at radius 2 is 2.08 bits per heavy atom. The van der Waals surface area contributed by atoms with Gasteiger partial charge in [-0.3, -0.25) is 14.6 Å². The molecule has 3 heterocycles. The first-order chi connectivity index (χ1) is 12.4. The van der Waals surface area contributed by atoms with Crippen molar-refractivity contribution in [1.82, 2.24) is 15.0 Å². The van der Waals surface area contributed by atoms with Gasteiger partial charge in [0, 0.05) is 18.7 Å². The summed E-state index contributed by atoms with van der Waals surface area (Å²) in [6.45, 7) is 3.37. The van der Waals surface area contributed by atoms with E-state index < -0.39 is 12.1 Å². The number of nitrogens with one attached hydrogen (secondary N) is 1. The number of ketones is 1. The van der Waals surface area contributed by atoms with Crippen molar-refractivity contribution in [2.45, 2.75) is 26.4 Å². The molecule has 132 valence electrons. The summed E-state index contributed by atoms with van der Waals surface area (Å²) in [7, 11) is 0. The lowest BCUT2D eigenvalue weighted by atomic mass is 10.1. The van der Waals surface area contributed by atoms with Crippen LogP contribution in [0.1, 0.15) is 29.4 Å². The number of carbonyl (C=O) groups is 2. The number of anilines is 1. The van der Waals surface area contributed by atoms with Gasteiger partial charge in [0.15, 0.2) is 16.6 Å². The number of thiazole rings is 1. The van der Waals surface area contributed by atoms with E-state index in [1.165, 1.54) is 18.3 Å². The number of alkyl halides is 1.